The number of carbonyl (C=O) groups is 1. The van der Waals surface area contributed by atoms with Crippen LogP contribution in [0.4, 0.5) is 5.69 Å². The number of likely N-dealkylation sites (N-methyl/N-ethyl adjacent to an activating group) is 2. The number of aryl methyl sites for hydroxylation is 1. The van der Waals surface area contributed by atoms with Crippen molar-refractivity contribution in [3.8, 4) is 5.75 Å². The van der Waals surface area contributed by atoms with Crippen LogP contribution in [0.25, 0.3) is 10.9 Å². The number of amides is 1. The second-order valence-corrected chi connectivity index (χ2v) is 8.96. The Morgan fingerprint density at radius 3 is 2.88 bits per heavy atom. The molecule has 3 heterocycles. The van der Waals surface area contributed by atoms with Crippen molar-refractivity contribution in [2.24, 2.45) is 0 Å². The average Bonchev–Trinajstić information content (AvgIpc) is 3.08. The molecule has 0 saturated carbocycles. The van der Waals surface area contributed by atoms with E-state index < -0.39 is 0 Å². The van der Waals surface area contributed by atoms with Crippen molar-refractivity contribution in [2.45, 2.75) is 45.3 Å². The van der Waals surface area contributed by atoms with Crippen molar-refractivity contribution >= 4 is 22.5 Å². The predicted octanol–water partition coefficient (Wildman–Crippen LogP) is 3.48. The van der Waals surface area contributed by atoms with E-state index in [1.807, 2.05) is 18.2 Å². The lowest BCUT2D eigenvalue weighted by atomic mass is 10.1. The number of hydrogen-bond acceptors (Lipinski definition) is 5. The molecule has 0 spiro atoms. The van der Waals surface area contributed by atoms with Gasteiger partial charge < -0.3 is 14.5 Å². The van der Waals surface area contributed by atoms with Crippen LogP contribution in [0, 0.1) is 0 Å². The summed E-state index contributed by atoms with van der Waals surface area (Å²) in [6, 6.07) is 13.3. The van der Waals surface area contributed by atoms with Crippen LogP contribution in [0.2, 0.25) is 0 Å². The van der Waals surface area contributed by atoms with Crippen LogP contribution in [0.5, 0.6) is 5.75 Å². The molecule has 1 atom stereocenters. The Morgan fingerprint density at radius 1 is 1.18 bits per heavy atom. The van der Waals surface area contributed by atoms with E-state index in [1.165, 1.54) is 0 Å². The Morgan fingerprint density at radius 2 is 2.03 bits per heavy atom. The number of ether oxygens (including phenoxy) is 1. The number of rotatable bonds is 4. The Balaban J connectivity index is 1.37. The van der Waals surface area contributed by atoms with Crippen LogP contribution < -0.4 is 15.2 Å². The summed E-state index contributed by atoms with van der Waals surface area (Å²) in [4.78, 5) is 34.9. The van der Waals surface area contributed by atoms with Crippen molar-refractivity contribution in [1.29, 1.82) is 0 Å². The lowest BCUT2D eigenvalue weighted by Crippen LogP contribution is -2.46. The lowest BCUT2D eigenvalue weighted by molar-refractivity contribution is 0.0709. The number of hydrogen-bond donors (Lipinski definition) is 0. The molecule has 0 saturated heterocycles. The summed E-state index contributed by atoms with van der Waals surface area (Å²) in [6.45, 7) is 4.93. The van der Waals surface area contributed by atoms with Crippen molar-refractivity contribution in [3.05, 3.63) is 64.2 Å². The summed E-state index contributed by atoms with van der Waals surface area (Å²) in [5.41, 5.74) is 2.24. The zero-order valence-corrected chi connectivity index (χ0v) is 19.3. The summed E-state index contributed by atoms with van der Waals surface area (Å²) >= 11 is 0. The number of carbonyl (C=O) groups excluding carboxylic acids is 1. The van der Waals surface area contributed by atoms with Crippen LogP contribution in [0.3, 0.4) is 0 Å². The molecule has 3 aromatic rings. The number of para-hydroxylation sites is 2. The van der Waals surface area contributed by atoms with Gasteiger partial charge in [0.1, 0.15) is 17.7 Å². The summed E-state index contributed by atoms with van der Waals surface area (Å²) in [6.07, 6.45) is 3.84. The summed E-state index contributed by atoms with van der Waals surface area (Å²) in [7, 11) is 1.80. The molecular weight excluding hydrogens is 416 g/mol. The lowest BCUT2D eigenvalue weighted by Gasteiger charge is -2.37. The number of fused-ring (bicyclic) bond motifs is 3. The van der Waals surface area contributed by atoms with Crippen LogP contribution >= 0.6 is 0 Å². The normalized spacial score (nSPS) is 17.6. The maximum absolute atomic E-state index is 13.2. The highest BCUT2D eigenvalue weighted by molar-refractivity contribution is 5.97. The fourth-order valence-corrected chi connectivity index (χ4v) is 4.93. The maximum Gasteiger partial charge on any atom is 0.261 e. The molecule has 0 aliphatic carbocycles. The monoisotopic (exact) mass is 446 g/mol. The summed E-state index contributed by atoms with van der Waals surface area (Å²) < 4.78 is 7.99. The first kappa shape index (κ1) is 21.5. The highest BCUT2D eigenvalue weighted by atomic mass is 16.5. The third-order valence-corrected chi connectivity index (χ3v) is 6.69. The minimum absolute atomic E-state index is 0.00168. The van der Waals surface area contributed by atoms with Gasteiger partial charge in [0.25, 0.3) is 11.5 Å². The molecule has 7 heteroatoms. The number of anilines is 1. The van der Waals surface area contributed by atoms with Crippen molar-refractivity contribution in [2.75, 3.05) is 31.6 Å². The molecule has 172 valence electrons. The Bertz CT molecular complexity index is 1250. The van der Waals surface area contributed by atoms with Crippen LogP contribution in [0.1, 0.15) is 42.4 Å². The van der Waals surface area contributed by atoms with Gasteiger partial charge in [-0.1, -0.05) is 18.6 Å². The van der Waals surface area contributed by atoms with Gasteiger partial charge in [0.15, 0.2) is 0 Å². The Labute approximate surface area is 193 Å². The van der Waals surface area contributed by atoms with E-state index in [2.05, 4.69) is 17.9 Å². The fourth-order valence-electron chi connectivity index (χ4n) is 4.93. The van der Waals surface area contributed by atoms with Crippen molar-refractivity contribution < 1.29 is 9.53 Å². The SMILES string of the molecule is CCN1C[C@@H](CN(C)C(=O)c2ccc3c(=O)n4c(nc3c2)CCCCC4)Oc2ccccc21. The largest absolute Gasteiger partial charge is 0.485 e. The van der Waals surface area contributed by atoms with Crippen LogP contribution in [-0.4, -0.2) is 53.1 Å². The molecule has 33 heavy (non-hydrogen) atoms. The van der Waals surface area contributed by atoms with Crippen LogP contribution in [0.15, 0.2) is 47.3 Å². The minimum atomic E-state index is -0.118. The molecule has 1 aromatic heterocycles. The molecule has 0 unspecified atom stereocenters. The van der Waals surface area contributed by atoms with Gasteiger partial charge in [-0.05, 0) is 50.1 Å². The highest BCUT2D eigenvalue weighted by Crippen LogP contribution is 2.33. The van der Waals surface area contributed by atoms with E-state index in [-0.39, 0.29) is 17.6 Å². The van der Waals surface area contributed by atoms with E-state index >= 15 is 0 Å². The van der Waals surface area contributed by atoms with Gasteiger partial charge in [-0.25, -0.2) is 4.98 Å². The van der Waals surface area contributed by atoms with Crippen molar-refractivity contribution in [3.63, 3.8) is 0 Å². The van der Waals surface area contributed by atoms with Gasteiger partial charge in [0.2, 0.25) is 0 Å². The minimum Gasteiger partial charge on any atom is -0.485 e. The van der Waals surface area contributed by atoms with Gasteiger partial charge in [-0.15, -0.1) is 0 Å². The molecule has 0 bridgehead atoms. The topological polar surface area (TPSA) is 67.7 Å². The first-order valence-electron chi connectivity index (χ1n) is 11.8. The van der Waals surface area contributed by atoms with Gasteiger partial charge in [-0.2, -0.15) is 0 Å². The zero-order valence-electron chi connectivity index (χ0n) is 19.3. The summed E-state index contributed by atoms with van der Waals surface area (Å²) in [5, 5.41) is 0.575. The quantitative estimate of drug-likeness (QED) is 0.614. The second kappa shape index (κ2) is 8.89. The van der Waals surface area contributed by atoms with Gasteiger partial charge >= 0.3 is 0 Å². The van der Waals surface area contributed by atoms with Gasteiger partial charge in [0, 0.05) is 32.1 Å². The third kappa shape index (κ3) is 4.08. The zero-order chi connectivity index (χ0) is 22.9. The summed E-state index contributed by atoms with van der Waals surface area (Å²) in [5.74, 6) is 1.59. The Hall–Kier alpha value is -3.35. The first-order chi connectivity index (χ1) is 16.0. The van der Waals surface area contributed by atoms with E-state index in [0.717, 1.165) is 62.6 Å². The average molecular weight is 447 g/mol. The number of aromatic nitrogens is 2. The maximum atomic E-state index is 13.2. The van der Waals surface area contributed by atoms with Crippen molar-refractivity contribution in [1.82, 2.24) is 14.5 Å². The first-order valence-corrected chi connectivity index (χ1v) is 11.8. The van der Waals surface area contributed by atoms with E-state index in [9.17, 15) is 9.59 Å². The predicted molar refractivity (Wildman–Crippen MR) is 129 cm³/mol. The van der Waals surface area contributed by atoms with Gasteiger partial charge in [0.05, 0.1) is 29.7 Å². The van der Waals surface area contributed by atoms with E-state index in [0.29, 0.717) is 23.0 Å². The molecule has 5 rings (SSSR count). The molecule has 2 aromatic carbocycles. The van der Waals surface area contributed by atoms with E-state index in [4.69, 9.17) is 9.72 Å². The highest BCUT2D eigenvalue weighted by Gasteiger charge is 2.27. The molecule has 7 nitrogen and oxygen atoms in total. The molecule has 0 N–H and O–H groups in total. The fraction of sp³-hybridized carbons (Fsp3) is 0.423. The van der Waals surface area contributed by atoms with Gasteiger partial charge in [-0.3, -0.25) is 14.2 Å². The molecule has 0 fully saturated rings. The molecule has 0 radical (unpaired) electrons. The molecular formula is C26H30N4O3. The smallest absolute Gasteiger partial charge is 0.261 e. The Kier molecular flexibility index (Phi) is 5.79. The molecule has 1 amide bonds. The van der Waals surface area contributed by atoms with E-state index in [1.54, 1.807) is 34.7 Å². The molecule has 2 aliphatic heterocycles. The number of nitrogens with zero attached hydrogens (tertiary/aromatic N) is 4. The van der Waals surface area contributed by atoms with Crippen LogP contribution in [-0.2, 0) is 13.0 Å². The standard InChI is InChI=1S/C26H30N4O3/c1-3-29-17-19(33-23-10-7-6-9-22(23)29)16-28(2)25(31)18-12-13-20-21(15-18)27-24-11-5-4-8-14-30(24)26(20)32/h6-7,9-10,12-13,15,19H,3-5,8,11,14,16-17H2,1-2H3/t19-/m1/s1. The number of benzene rings is 2. The second-order valence-electron chi connectivity index (χ2n) is 8.96. The third-order valence-electron chi connectivity index (χ3n) is 6.69. The molecule has 2 aliphatic rings.